The minimum atomic E-state index is 0. The van der Waals surface area contributed by atoms with E-state index in [4.69, 9.17) is 11.6 Å². The molecular weight excluding hydrogens is 291 g/mol. The molecule has 0 N–H and O–H groups in total. The molecule has 1 heterocycles. The molecule has 2 nitrogen and oxygen atoms in total. The van der Waals surface area contributed by atoms with E-state index in [0.717, 1.165) is 45.1 Å². The molecule has 18 heavy (non-hydrogen) atoms. The van der Waals surface area contributed by atoms with Gasteiger partial charge in [-0.15, -0.1) is 36.4 Å². The van der Waals surface area contributed by atoms with Gasteiger partial charge in [0.05, 0.1) is 0 Å². The molecule has 1 aromatic rings. The van der Waals surface area contributed by atoms with Gasteiger partial charge in [-0.2, -0.15) is 0 Å². The molecule has 0 radical (unpaired) electrons. The van der Waals surface area contributed by atoms with Crippen molar-refractivity contribution in [3.05, 3.63) is 35.9 Å². The quantitative estimate of drug-likeness (QED) is 0.789. The maximum Gasteiger partial charge on any atom is 0.0351 e. The average Bonchev–Trinajstić information content (AvgIpc) is 2.33. The summed E-state index contributed by atoms with van der Waals surface area (Å²) in [6, 6.07) is 10.7. The Morgan fingerprint density at radius 1 is 0.889 bits per heavy atom. The van der Waals surface area contributed by atoms with Gasteiger partial charge in [0.2, 0.25) is 0 Å². The first-order valence-corrected chi connectivity index (χ1v) is 6.46. The molecule has 0 aromatic heterocycles. The van der Waals surface area contributed by atoms with E-state index in [1.165, 1.54) is 5.56 Å². The molecule has 0 aliphatic carbocycles. The van der Waals surface area contributed by atoms with Crippen LogP contribution in [0, 0.1) is 0 Å². The van der Waals surface area contributed by atoms with E-state index in [1.807, 2.05) is 0 Å². The normalized spacial score (nSPS) is 16.7. The highest BCUT2D eigenvalue weighted by Crippen LogP contribution is 2.08. The first kappa shape index (κ1) is 18.0. The molecule has 0 atom stereocenters. The largest absolute Gasteiger partial charge is 0.300 e. The summed E-state index contributed by atoms with van der Waals surface area (Å²) in [6.07, 6.45) is 0. The lowest BCUT2D eigenvalue weighted by Crippen LogP contribution is -2.46. The molecule has 2 rings (SSSR count). The van der Waals surface area contributed by atoms with Crippen LogP contribution in [0.3, 0.4) is 0 Å². The van der Waals surface area contributed by atoms with E-state index in [1.54, 1.807) is 0 Å². The van der Waals surface area contributed by atoms with Crippen LogP contribution in [0.25, 0.3) is 0 Å². The molecule has 1 aliphatic heterocycles. The Hall–Kier alpha value is 0.01000. The molecule has 1 aromatic carbocycles. The Labute approximate surface area is 127 Å². The minimum Gasteiger partial charge on any atom is -0.300 e. The van der Waals surface area contributed by atoms with Crippen molar-refractivity contribution in [2.75, 3.05) is 38.6 Å². The number of benzene rings is 1. The van der Waals surface area contributed by atoms with Crippen molar-refractivity contribution in [3.63, 3.8) is 0 Å². The van der Waals surface area contributed by atoms with Crippen LogP contribution in [0.1, 0.15) is 5.56 Å². The fourth-order valence-electron chi connectivity index (χ4n) is 2.13. The zero-order chi connectivity index (χ0) is 11.2. The highest BCUT2D eigenvalue weighted by Gasteiger charge is 2.15. The predicted molar refractivity (Wildman–Crippen MR) is 83.4 cm³/mol. The maximum absolute atomic E-state index is 5.75. The highest BCUT2D eigenvalue weighted by atomic mass is 35.5. The predicted octanol–water partition coefficient (Wildman–Crippen LogP) is 2.89. The Kier molecular flexibility index (Phi) is 9.88. The van der Waals surface area contributed by atoms with Gasteiger partial charge in [0.15, 0.2) is 0 Å². The molecule has 0 unspecified atom stereocenters. The van der Waals surface area contributed by atoms with Crippen molar-refractivity contribution in [2.45, 2.75) is 6.54 Å². The molecule has 1 aliphatic rings. The van der Waals surface area contributed by atoms with Crippen molar-refractivity contribution in [1.82, 2.24) is 9.80 Å². The summed E-state index contributed by atoms with van der Waals surface area (Å²) in [6.45, 7) is 6.73. The standard InChI is InChI=1S/C13H19ClN2.2ClH/c14-6-7-15-8-10-16(11-9-15)12-13-4-2-1-3-5-13;;/h1-5H,6-12H2;2*1H. The third-order valence-electron chi connectivity index (χ3n) is 3.11. The smallest absolute Gasteiger partial charge is 0.0351 e. The lowest BCUT2D eigenvalue weighted by atomic mass is 10.2. The molecule has 0 saturated carbocycles. The zero-order valence-electron chi connectivity index (χ0n) is 10.4. The Morgan fingerprint density at radius 2 is 1.44 bits per heavy atom. The number of rotatable bonds is 4. The Morgan fingerprint density at radius 3 is 2.00 bits per heavy atom. The third-order valence-corrected chi connectivity index (χ3v) is 3.28. The second-order valence-electron chi connectivity index (χ2n) is 4.29. The Balaban J connectivity index is 0.00000144. The molecule has 1 saturated heterocycles. The van der Waals surface area contributed by atoms with Crippen molar-refractivity contribution in [2.24, 2.45) is 0 Å². The molecule has 5 heteroatoms. The summed E-state index contributed by atoms with van der Waals surface area (Å²) in [5.74, 6) is 0.749. The SMILES string of the molecule is Cl.Cl.ClCCN1CCN(Cc2ccccc2)CC1. The van der Waals surface area contributed by atoms with Crippen LogP contribution in [0.5, 0.6) is 0 Å². The second-order valence-corrected chi connectivity index (χ2v) is 4.67. The summed E-state index contributed by atoms with van der Waals surface area (Å²) < 4.78 is 0. The maximum atomic E-state index is 5.75. The van der Waals surface area contributed by atoms with Gasteiger partial charge in [-0.1, -0.05) is 30.3 Å². The summed E-state index contributed by atoms with van der Waals surface area (Å²) in [4.78, 5) is 4.95. The van der Waals surface area contributed by atoms with E-state index >= 15 is 0 Å². The molecule has 0 bridgehead atoms. The van der Waals surface area contributed by atoms with Crippen LogP contribution in [-0.2, 0) is 6.54 Å². The van der Waals surface area contributed by atoms with E-state index in [-0.39, 0.29) is 24.8 Å². The number of hydrogen-bond acceptors (Lipinski definition) is 2. The van der Waals surface area contributed by atoms with Crippen LogP contribution in [0.2, 0.25) is 0 Å². The van der Waals surface area contributed by atoms with E-state index in [0.29, 0.717) is 0 Å². The summed E-state index contributed by atoms with van der Waals surface area (Å²) >= 11 is 5.75. The fraction of sp³-hybridized carbons (Fsp3) is 0.538. The van der Waals surface area contributed by atoms with Crippen molar-refractivity contribution in [3.8, 4) is 0 Å². The number of nitrogens with zero attached hydrogens (tertiary/aromatic N) is 2. The van der Waals surface area contributed by atoms with Gasteiger partial charge in [-0.05, 0) is 5.56 Å². The highest BCUT2D eigenvalue weighted by molar-refractivity contribution is 6.18. The van der Waals surface area contributed by atoms with Gasteiger partial charge in [0.1, 0.15) is 0 Å². The van der Waals surface area contributed by atoms with Crippen molar-refractivity contribution >= 4 is 36.4 Å². The monoisotopic (exact) mass is 310 g/mol. The van der Waals surface area contributed by atoms with E-state index in [2.05, 4.69) is 40.1 Å². The lowest BCUT2D eigenvalue weighted by molar-refractivity contribution is 0.132. The average molecular weight is 312 g/mol. The topological polar surface area (TPSA) is 6.48 Å². The van der Waals surface area contributed by atoms with Gasteiger partial charge < -0.3 is 0 Å². The lowest BCUT2D eigenvalue weighted by Gasteiger charge is -2.34. The van der Waals surface area contributed by atoms with E-state index < -0.39 is 0 Å². The second kappa shape index (κ2) is 9.88. The molecule has 104 valence electrons. The fourth-order valence-corrected chi connectivity index (χ4v) is 2.37. The summed E-state index contributed by atoms with van der Waals surface area (Å²) in [5, 5.41) is 0. The number of halogens is 3. The van der Waals surface area contributed by atoms with Gasteiger partial charge in [-0.3, -0.25) is 9.80 Å². The summed E-state index contributed by atoms with van der Waals surface area (Å²) in [5.41, 5.74) is 1.41. The number of alkyl halides is 1. The van der Waals surface area contributed by atoms with Crippen LogP contribution in [0.15, 0.2) is 30.3 Å². The van der Waals surface area contributed by atoms with Crippen LogP contribution in [0.4, 0.5) is 0 Å². The minimum absolute atomic E-state index is 0. The van der Waals surface area contributed by atoms with Crippen LogP contribution < -0.4 is 0 Å². The van der Waals surface area contributed by atoms with Gasteiger partial charge >= 0.3 is 0 Å². The third kappa shape index (κ3) is 5.77. The van der Waals surface area contributed by atoms with Crippen molar-refractivity contribution in [1.29, 1.82) is 0 Å². The van der Waals surface area contributed by atoms with Gasteiger partial charge in [0.25, 0.3) is 0 Å². The number of piperazine rings is 1. The molecular formula is C13H21Cl3N2. The van der Waals surface area contributed by atoms with Crippen LogP contribution in [-0.4, -0.2) is 48.4 Å². The molecule has 0 amide bonds. The first-order chi connectivity index (χ1) is 7.88. The Bertz CT molecular complexity index is 300. The summed E-state index contributed by atoms with van der Waals surface area (Å²) in [7, 11) is 0. The molecule has 0 spiro atoms. The first-order valence-electron chi connectivity index (χ1n) is 5.93. The van der Waals surface area contributed by atoms with Crippen molar-refractivity contribution < 1.29 is 0 Å². The number of hydrogen-bond donors (Lipinski definition) is 0. The van der Waals surface area contributed by atoms with E-state index in [9.17, 15) is 0 Å². The van der Waals surface area contributed by atoms with Gasteiger partial charge in [-0.25, -0.2) is 0 Å². The zero-order valence-corrected chi connectivity index (χ0v) is 12.8. The van der Waals surface area contributed by atoms with Gasteiger partial charge in [0, 0.05) is 45.1 Å². The van der Waals surface area contributed by atoms with Crippen LogP contribution >= 0.6 is 36.4 Å². The molecule has 1 fully saturated rings.